The fourth-order valence-electron chi connectivity index (χ4n) is 3.81. The van der Waals surface area contributed by atoms with Gasteiger partial charge in [0.2, 0.25) is 0 Å². The predicted octanol–water partition coefficient (Wildman–Crippen LogP) is 6.81. The van der Waals surface area contributed by atoms with Gasteiger partial charge in [0.1, 0.15) is 11.5 Å². The van der Waals surface area contributed by atoms with Crippen molar-refractivity contribution in [1.29, 1.82) is 0 Å². The average molecular weight is 500 g/mol. The average Bonchev–Trinajstić information content (AvgIpc) is 2.77. The lowest BCUT2D eigenvalue weighted by atomic mass is 9.73. The summed E-state index contributed by atoms with van der Waals surface area (Å²) in [6, 6.07) is 7.71. The van der Waals surface area contributed by atoms with Gasteiger partial charge in [-0.15, -0.1) is 0 Å². The normalized spacial score (nSPS) is 12.7. The molecule has 0 saturated heterocycles. The molecule has 0 unspecified atom stereocenters. The predicted molar refractivity (Wildman–Crippen MR) is 128 cm³/mol. The van der Waals surface area contributed by atoms with Crippen molar-refractivity contribution in [1.82, 2.24) is 0 Å². The molecule has 0 spiro atoms. The maximum absolute atomic E-state index is 12.4. The third-order valence-electron chi connectivity index (χ3n) is 5.71. The Morgan fingerprint density at radius 2 is 0.879 bits per heavy atom. The van der Waals surface area contributed by atoms with Crippen LogP contribution in [0.4, 0.5) is 0 Å². The van der Waals surface area contributed by atoms with Crippen LogP contribution in [-0.2, 0) is 32.6 Å². The lowest BCUT2D eigenvalue weighted by Gasteiger charge is -2.31. The van der Waals surface area contributed by atoms with Crippen molar-refractivity contribution in [3.8, 4) is 11.5 Å². The van der Waals surface area contributed by atoms with Gasteiger partial charge in [0, 0.05) is 33.9 Å². The Hall–Kier alpha value is -1.66. The van der Waals surface area contributed by atoms with Gasteiger partial charge in [-0.1, -0.05) is 26.0 Å². The minimum atomic E-state index is -3.66. The highest BCUT2D eigenvalue weighted by Gasteiger charge is 2.31. The lowest BCUT2D eigenvalue weighted by molar-refractivity contribution is 0.209. The summed E-state index contributed by atoms with van der Waals surface area (Å²) >= 11 is 0. The first-order valence-electron chi connectivity index (χ1n) is 10.3. The summed E-state index contributed by atoms with van der Waals surface area (Å²) in [6.45, 7) is 12.0. The van der Waals surface area contributed by atoms with Gasteiger partial charge >= 0.3 is 15.6 Å². The number of benzene rings is 2. The molecule has 0 N–H and O–H groups in total. The van der Waals surface area contributed by atoms with Crippen LogP contribution < -0.4 is 9.05 Å². The lowest BCUT2D eigenvalue weighted by Crippen LogP contribution is -2.22. The Bertz CT molecular complexity index is 1010. The van der Waals surface area contributed by atoms with Crippen molar-refractivity contribution in [2.45, 2.75) is 47.0 Å². The molecule has 2 rings (SSSR count). The molecular weight excluding hydrogens is 466 g/mol. The van der Waals surface area contributed by atoms with E-state index in [0.29, 0.717) is 11.5 Å². The van der Waals surface area contributed by atoms with Gasteiger partial charge in [-0.3, -0.25) is 18.1 Å². The highest BCUT2D eigenvalue weighted by atomic mass is 31.2. The van der Waals surface area contributed by atoms with E-state index in [1.165, 1.54) is 28.4 Å². The van der Waals surface area contributed by atoms with E-state index in [1.54, 1.807) is 0 Å². The van der Waals surface area contributed by atoms with E-state index in [0.717, 1.165) is 33.4 Å². The van der Waals surface area contributed by atoms with E-state index in [1.807, 2.05) is 52.0 Å². The van der Waals surface area contributed by atoms with Gasteiger partial charge in [0.15, 0.2) is 0 Å². The standard InChI is InChI=1S/C23H34O8P2/c1-15-13-21(30-32(24,26-7)27-8)17(3)11-19(15)23(5,6)20-12-18(4)22(14-16(20)2)31-33(25,28-9)29-10/h11-14H,1-10H3. The van der Waals surface area contributed by atoms with Crippen LogP contribution in [0.1, 0.15) is 47.2 Å². The van der Waals surface area contributed by atoms with Crippen LogP contribution in [0, 0.1) is 27.7 Å². The van der Waals surface area contributed by atoms with Crippen molar-refractivity contribution in [3.05, 3.63) is 57.6 Å². The summed E-state index contributed by atoms with van der Waals surface area (Å²) in [5.41, 5.74) is 5.28. The number of phosphoric ester groups is 2. The first-order valence-corrected chi connectivity index (χ1v) is 13.2. The first-order chi connectivity index (χ1) is 15.3. The second-order valence-electron chi connectivity index (χ2n) is 8.30. The Balaban J connectivity index is 2.51. The van der Waals surface area contributed by atoms with Gasteiger partial charge in [-0.25, -0.2) is 9.13 Å². The van der Waals surface area contributed by atoms with E-state index in [-0.39, 0.29) is 5.41 Å². The molecule has 0 aliphatic rings. The van der Waals surface area contributed by atoms with Gasteiger partial charge in [0.05, 0.1) is 0 Å². The highest BCUT2D eigenvalue weighted by molar-refractivity contribution is 7.49. The molecule has 0 atom stereocenters. The molecule has 10 heteroatoms. The summed E-state index contributed by atoms with van der Waals surface area (Å²) in [6.07, 6.45) is 0. The quantitative estimate of drug-likeness (QED) is 0.329. The van der Waals surface area contributed by atoms with Gasteiger partial charge in [-0.05, 0) is 73.2 Å². The summed E-state index contributed by atoms with van der Waals surface area (Å²) in [7, 11) is -2.21. The van der Waals surface area contributed by atoms with Crippen molar-refractivity contribution in [3.63, 3.8) is 0 Å². The van der Waals surface area contributed by atoms with Crippen molar-refractivity contribution < 1.29 is 36.3 Å². The minimum Gasteiger partial charge on any atom is -0.404 e. The smallest absolute Gasteiger partial charge is 0.404 e. The molecule has 2 aromatic carbocycles. The molecule has 0 bridgehead atoms. The van der Waals surface area contributed by atoms with Crippen molar-refractivity contribution in [2.24, 2.45) is 0 Å². The van der Waals surface area contributed by atoms with Crippen LogP contribution in [0.5, 0.6) is 11.5 Å². The number of hydrogen-bond donors (Lipinski definition) is 0. The topological polar surface area (TPSA) is 89.5 Å². The zero-order valence-corrected chi connectivity index (χ0v) is 22.8. The van der Waals surface area contributed by atoms with E-state index in [9.17, 15) is 9.13 Å². The molecule has 0 saturated carbocycles. The summed E-state index contributed by atoms with van der Waals surface area (Å²) in [4.78, 5) is 0. The Labute approximate surface area is 196 Å². The fourth-order valence-corrected chi connectivity index (χ4v) is 5.28. The van der Waals surface area contributed by atoms with E-state index in [4.69, 9.17) is 27.1 Å². The Morgan fingerprint density at radius 3 is 1.15 bits per heavy atom. The van der Waals surface area contributed by atoms with Crippen LogP contribution >= 0.6 is 15.6 Å². The molecule has 0 aromatic heterocycles. The third kappa shape index (κ3) is 5.89. The molecular formula is C23H34O8P2. The van der Waals surface area contributed by atoms with Gasteiger partial charge in [0.25, 0.3) is 0 Å². The molecule has 33 heavy (non-hydrogen) atoms. The largest absolute Gasteiger partial charge is 0.529 e. The number of hydrogen-bond acceptors (Lipinski definition) is 8. The highest BCUT2D eigenvalue weighted by Crippen LogP contribution is 2.51. The summed E-state index contributed by atoms with van der Waals surface area (Å²) < 4.78 is 55.6. The zero-order chi connectivity index (χ0) is 25.2. The Morgan fingerprint density at radius 1 is 0.576 bits per heavy atom. The Kier molecular flexibility index (Phi) is 8.61. The molecule has 0 aliphatic heterocycles. The van der Waals surface area contributed by atoms with Crippen molar-refractivity contribution >= 4 is 15.6 Å². The second-order valence-corrected chi connectivity index (χ2v) is 11.9. The van der Waals surface area contributed by atoms with Gasteiger partial charge < -0.3 is 9.05 Å². The number of rotatable bonds is 10. The second kappa shape index (κ2) is 10.3. The molecule has 0 fully saturated rings. The number of phosphoric acid groups is 2. The first kappa shape index (κ1) is 27.6. The monoisotopic (exact) mass is 500 g/mol. The van der Waals surface area contributed by atoms with E-state index >= 15 is 0 Å². The molecule has 0 aliphatic carbocycles. The van der Waals surface area contributed by atoms with Crippen LogP contribution in [-0.4, -0.2) is 28.4 Å². The van der Waals surface area contributed by atoms with E-state index < -0.39 is 15.6 Å². The molecule has 184 valence electrons. The maximum atomic E-state index is 12.4. The molecule has 0 heterocycles. The van der Waals surface area contributed by atoms with Crippen LogP contribution in [0.25, 0.3) is 0 Å². The minimum absolute atomic E-state index is 0.390. The molecule has 0 radical (unpaired) electrons. The van der Waals surface area contributed by atoms with Crippen LogP contribution in [0.15, 0.2) is 24.3 Å². The summed E-state index contributed by atoms with van der Waals surface area (Å²) in [5.74, 6) is 0.872. The summed E-state index contributed by atoms with van der Waals surface area (Å²) in [5, 5.41) is 0. The molecule has 2 aromatic rings. The maximum Gasteiger partial charge on any atom is 0.529 e. The van der Waals surface area contributed by atoms with Gasteiger partial charge in [-0.2, -0.15) is 0 Å². The third-order valence-corrected chi connectivity index (χ3v) is 8.33. The SMILES string of the molecule is COP(=O)(OC)Oc1cc(C)c(C(C)(C)c2cc(C)c(OP(=O)(OC)OC)cc2C)cc1C. The number of aryl methyl sites for hydroxylation is 4. The van der Waals surface area contributed by atoms with E-state index in [2.05, 4.69) is 13.8 Å². The molecule has 8 nitrogen and oxygen atoms in total. The molecule has 0 amide bonds. The van der Waals surface area contributed by atoms with Crippen LogP contribution in [0.2, 0.25) is 0 Å². The zero-order valence-electron chi connectivity index (χ0n) is 21.0. The van der Waals surface area contributed by atoms with Crippen LogP contribution in [0.3, 0.4) is 0 Å². The van der Waals surface area contributed by atoms with Crippen molar-refractivity contribution in [2.75, 3.05) is 28.4 Å². The fraction of sp³-hybridized carbons (Fsp3) is 0.478.